The minimum Gasteiger partial charge on any atom is -0.328 e. The smallest absolute Gasteiger partial charge is 0.212 e. The number of sulfonamides is 1. The van der Waals surface area contributed by atoms with Gasteiger partial charge in [-0.25, -0.2) is 13.1 Å². The Hall–Kier alpha value is 0.160. The minimum absolute atomic E-state index is 0. The van der Waals surface area contributed by atoms with E-state index >= 15 is 0 Å². The van der Waals surface area contributed by atoms with Gasteiger partial charge in [-0.2, -0.15) is 0 Å². The van der Waals surface area contributed by atoms with E-state index in [0.717, 1.165) is 25.7 Å². The molecule has 0 aromatic carbocycles. The fraction of sp³-hybridized carbons (Fsp3) is 1.00. The first-order chi connectivity index (χ1) is 7.68. The second-order valence-electron chi connectivity index (χ2n) is 6.46. The van der Waals surface area contributed by atoms with Crippen LogP contribution < -0.4 is 10.5 Å². The Morgan fingerprint density at radius 3 is 2.39 bits per heavy atom. The predicted molar refractivity (Wildman–Crippen MR) is 78.4 cm³/mol. The Kier molecular flexibility index (Phi) is 7.14. The summed E-state index contributed by atoms with van der Waals surface area (Å²) in [5.74, 6) is 0.590. The van der Waals surface area contributed by atoms with E-state index in [0.29, 0.717) is 12.5 Å². The van der Waals surface area contributed by atoms with E-state index in [1.54, 1.807) is 0 Å². The normalized spacial score (nSPS) is 25.6. The number of hydrogen-bond acceptors (Lipinski definition) is 3. The van der Waals surface area contributed by atoms with Gasteiger partial charge in [0.05, 0.1) is 5.75 Å². The Labute approximate surface area is 118 Å². The third kappa shape index (κ3) is 7.56. The monoisotopic (exact) mass is 298 g/mol. The van der Waals surface area contributed by atoms with E-state index < -0.39 is 10.0 Å². The molecule has 0 aromatic rings. The van der Waals surface area contributed by atoms with Gasteiger partial charge >= 0.3 is 0 Å². The van der Waals surface area contributed by atoms with Crippen LogP contribution in [0.4, 0.5) is 0 Å². The van der Waals surface area contributed by atoms with Gasteiger partial charge in [0.1, 0.15) is 0 Å². The lowest BCUT2D eigenvalue weighted by Gasteiger charge is -2.27. The maximum absolute atomic E-state index is 11.8. The molecule has 0 radical (unpaired) electrons. The number of nitrogens with one attached hydrogen (secondary N) is 1. The number of hydrogen-bond donors (Lipinski definition) is 2. The molecule has 0 aliphatic heterocycles. The van der Waals surface area contributed by atoms with Crippen molar-refractivity contribution in [1.82, 2.24) is 4.72 Å². The first-order valence-electron chi connectivity index (χ1n) is 6.41. The average Bonchev–Trinajstić information content (AvgIpc) is 2.11. The van der Waals surface area contributed by atoms with Gasteiger partial charge in [-0.15, -0.1) is 12.4 Å². The fourth-order valence-corrected chi connectivity index (χ4v) is 4.12. The van der Waals surface area contributed by atoms with Crippen molar-refractivity contribution >= 4 is 22.4 Å². The summed E-state index contributed by atoms with van der Waals surface area (Å²) in [6, 6.07) is 0.251. The zero-order chi connectivity index (χ0) is 13.1. The van der Waals surface area contributed by atoms with Gasteiger partial charge < -0.3 is 5.73 Å². The highest BCUT2D eigenvalue weighted by Crippen LogP contribution is 2.23. The van der Waals surface area contributed by atoms with Gasteiger partial charge in [-0.3, -0.25) is 0 Å². The van der Waals surface area contributed by atoms with Crippen molar-refractivity contribution in [1.29, 1.82) is 0 Å². The summed E-state index contributed by atoms with van der Waals surface area (Å²) in [5, 5.41) is 0. The van der Waals surface area contributed by atoms with Crippen LogP contribution in [-0.2, 0) is 10.0 Å². The van der Waals surface area contributed by atoms with Crippen molar-refractivity contribution in [3.8, 4) is 0 Å². The number of halogens is 1. The van der Waals surface area contributed by atoms with Crippen molar-refractivity contribution in [2.45, 2.75) is 52.5 Å². The van der Waals surface area contributed by atoms with Gasteiger partial charge in [0.25, 0.3) is 0 Å². The topological polar surface area (TPSA) is 72.2 Å². The van der Waals surface area contributed by atoms with Crippen molar-refractivity contribution in [3.63, 3.8) is 0 Å². The molecule has 3 N–H and O–H groups in total. The van der Waals surface area contributed by atoms with Gasteiger partial charge in [0, 0.05) is 12.6 Å². The van der Waals surface area contributed by atoms with E-state index in [1.807, 2.05) is 20.8 Å². The minimum atomic E-state index is -3.15. The summed E-state index contributed by atoms with van der Waals surface area (Å²) in [6.45, 7) is 6.35. The van der Waals surface area contributed by atoms with Gasteiger partial charge in [0.2, 0.25) is 10.0 Å². The van der Waals surface area contributed by atoms with Gasteiger partial charge in [-0.1, -0.05) is 27.2 Å². The lowest BCUT2D eigenvalue weighted by molar-refractivity contribution is 0.321. The molecule has 0 spiro atoms. The quantitative estimate of drug-likeness (QED) is 0.832. The van der Waals surface area contributed by atoms with E-state index in [1.165, 1.54) is 0 Å². The second-order valence-corrected chi connectivity index (χ2v) is 8.27. The molecule has 1 saturated carbocycles. The highest BCUT2D eigenvalue weighted by Gasteiger charge is 2.24. The van der Waals surface area contributed by atoms with Crippen LogP contribution in [0.3, 0.4) is 0 Å². The van der Waals surface area contributed by atoms with Crippen LogP contribution in [0.15, 0.2) is 0 Å². The van der Waals surface area contributed by atoms with E-state index in [2.05, 4.69) is 4.72 Å². The SMILES string of the molecule is CC(C)(C)CS(=O)(=O)NCC1CCCC(N)C1.Cl. The molecular formula is C12H27ClN2O2S. The average molecular weight is 299 g/mol. The van der Waals surface area contributed by atoms with Crippen LogP contribution in [0.2, 0.25) is 0 Å². The molecule has 0 saturated heterocycles. The second kappa shape index (κ2) is 7.08. The molecule has 110 valence electrons. The highest BCUT2D eigenvalue weighted by atomic mass is 35.5. The van der Waals surface area contributed by atoms with E-state index in [-0.39, 0.29) is 29.6 Å². The lowest BCUT2D eigenvalue weighted by atomic mass is 9.86. The molecule has 18 heavy (non-hydrogen) atoms. The van der Waals surface area contributed by atoms with Crippen molar-refractivity contribution in [2.24, 2.45) is 17.1 Å². The summed E-state index contributed by atoms with van der Waals surface area (Å²) in [6.07, 6.45) is 4.22. The molecule has 4 nitrogen and oxygen atoms in total. The van der Waals surface area contributed by atoms with Crippen LogP contribution >= 0.6 is 12.4 Å². The molecule has 0 aromatic heterocycles. The van der Waals surface area contributed by atoms with Gasteiger partial charge in [0.15, 0.2) is 0 Å². The molecule has 0 heterocycles. The van der Waals surface area contributed by atoms with Gasteiger partial charge in [-0.05, 0) is 30.6 Å². The number of nitrogens with two attached hydrogens (primary N) is 1. The van der Waals surface area contributed by atoms with Crippen LogP contribution in [0.25, 0.3) is 0 Å². The van der Waals surface area contributed by atoms with Crippen molar-refractivity contribution in [3.05, 3.63) is 0 Å². The van der Waals surface area contributed by atoms with Crippen LogP contribution in [-0.4, -0.2) is 26.8 Å². The standard InChI is InChI=1S/C12H26N2O2S.ClH/c1-12(2,3)9-17(15,16)14-8-10-5-4-6-11(13)7-10;/h10-11,14H,4-9,13H2,1-3H3;1H. The number of rotatable bonds is 4. The largest absolute Gasteiger partial charge is 0.328 e. The summed E-state index contributed by atoms with van der Waals surface area (Å²) >= 11 is 0. The van der Waals surface area contributed by atoms with E-state index in [4.69, 9.17) is 5.73 Å². The van der Waals surface area contributed by atoms with Crippen LogP contribution in [0.5, 0.6) is 0 Å². The Balaban J connectivity index is 0.00000289. The third-order valence-electron chi connectivity index (χ3n) is 3.04. The predicted octanol–water partition coefficient (Wildman–Crippen LogP) is 1.89. The molecule has 1 rings (SSSR count). The fourth-order valence-electron chi connectivity index (χ4n) is 2.38. The summed E-state index contributed by atoms with van der Waals surface area (Å²) in [4.78, 5) is 0. The molecule has 1 aliphatic rings. The lowest BCUT2D eigenvalue weighted by Crippen LogP contribution is -2.38. The Bertz CT molecular complexity index is 338. The third-order valence-corrected chi connectivity index (χ3v) is 4.89. The molecule has 2 atom stereocenters. The Morgan fingerprint density at radius 1 is 1.28 bits per heavy atom. The maximum atomic E-state index is 11.8. The summed E-state index contributed by atoms with van der Waals surface area (Å²) < 4.78 is 26.4. The zero-order valence-electron chi connectivity index (χ0n) is 11.6. The van der Waals surface area contributed by atoms with Crippen molar-refractivity contribution < 1.29 is 8.42 Å². The molecule has 1 aliphatic carbocycles. The first-order valence-corrected chi connectivity index (χ1v) is 8.06. The molecule has 1 fully saturated rings. The first kappa shape index (κ1) is 18.2. The molecule has 0 bridgehead atoms. The summed E-state index contributed by atoms with van der Waals surface area (Å²) in [7, 11) is -3.15. The molecule has 0 amide bonds. The van der Waals surface area contributed by atoms with Crippen LogP contribution in [0, 0.1) is 11.3 Å². The van der Waals surface area contributed by atoms with Crippen molar-refractivity contribution in [2.75, 3.05) is 12.3 Å². The van der Waals surface area contributed by atoms with E-state index in [9.17, 15) is 8.42 Å². The summed E-state index contributed by atoms with van der Waals surface area (Å²) in [5.41, 5.74) is 5.69. The highest BCUT2D eigenvalue weighted by molar-refractivity contribution is 7.89. The molecule has 2 unspecified atom stereocenters. The zero-order valence-corrected chi connectivity index (χ0v) is 13.2. The van der Waals surface area contributed by atoms with Crippen LogP contribution in [0.1, 0.15) is 46.5 Å². The molecule has 6 heteroatoms. The maximum Gasteiger partial charge on any atom is 0.212 e. The molecular weight excluding hydrogens is 272 g/mol. The Morgan fingerprint density at radius 2 is 1.89 bits per heavy atom.